The summed E-state index contributed by atoms with van der Waals surface area (Å²) >= 11 is 6.21. The molecule has 0 bridgehead atoms. The Bertz CT molecular complexity index is 655. The van der Waals surface area contributed by atoms with Gasteiger partial charge in [0.1, 0.15) is 0 Å². The molecule has 0 saturated carbocycles. The van der Waals surface area contributed by atoms with Crippen LogP contribution in [0.25, 0.3) is 10.9 Å². The SMILES string of the molecule is CCCCN(CCCC)CC(O)c1ccnc2c(C)c(Cl)ccc12.Cl. The van der Waals surface area contributed by atoms with Gasteiger partial charge in [-0.2, -0.15) is 0 Å². The number of hydrogen-bond donors (Lipinski definition) is 1. The summed E-state index contributed by atoms with van der Waals surface area (Å²) in [5, 5.41) is 12.6. The van der Waals surface area contributed by atoms with E-state index in [2.05, 4.69) is 23.7 Å². The molecule has 3 nitrogen and oxygen atoms in total. The summed E-state index contributed by atoms with van der Waals surface area (Å²) < 4.78 is 0. The Morgan fingerprint density at radius 2 is 1.76 bits per heavy atom. The molecule has 1 aromatic carbocycles. The van der Waals surface area contributed by atoms with Gasteiger partial charge in [0.2, 0.25) is 0 Å². The summed E-state index contributed by atoms with van der Waals surface area (Å²) in [4.78, 5) is 6.84. The lowest BCUT2D eigenvalue weighted by Crippen LogP contribution is -2.30. The van der Waals surface area contributed by atoms with Gasteiger partial charge >= 0.3 is 0 Å². The normalized spacial score (nSPS) is 12.4. The number of aliphatic hydroxyl groups excluding tert-OH is 1. The summed E-state index contributed by atoms with van der Waals surface area (Å²) in [6.45, 7) is 9.14. The number of aryl methyl sites for hydroxylation is 1. The second kappa shape index (κ2) is 11.0. The topological polar surface area (TPSA) is 36.4 Å². The Morgan fingerprint density at radius 1 is 1.12 bits per heavy atom. The van der Waals surface area contributed by atoms with Gasteiger partial charge in [-0.3, -0.25) is 4.98 Å². The van der Waals surface area contributed by atoms with Gasteiger partial charge in [0, 0.05) is 23.2 Å². The van der Waals surface area contributed by atoms with E-state index >= 15 is 0 Å². The zero-order valence-corrected chi connectivity index (χ0v) is 17.0. The van der Waals surface area contributed by atoms with Crippen molar-refractivity contribution in [1.29, 1.82) is 0 Å². The molecule has 0 saturated heterocycles. The lowest BCUT2D eigenvalue weighted by atomic mass is 10.0. The molecule has 1 N–H and O–H groups in total. The highest BCUT2D eigenvalue weighted by atomic mass is 35.5. The van der Waals surface area contributed by atoms with E-state index in [0.717, 1.165) is 35.1 Å². The molecule has 2 rings (SSSR count). The molecule has 0 fully saturated rings. The van der Waals surface area contributed by atoms with Gasteiger partial charge in [-0.25, -0.2) is 0 Å². The lowest BCUT2D eigenvalue weighted by molar-refractivity contribution is 0.112. The Balaban J connectivity index is 0.00000312. The predicted molar refractivity (Wildman–Crippen MR) is 110 cm³/mol. The molecule has 1 heterocycles. The highest BCUT2D eigenvalue weighted by molar-refractivity contribution is 6.32. The van der Waals surface area contributed by atoms with E-state index in [-0.39, 0.29) is 12.4 Å². The van der Waals surface area contributed by atoms with Crippen LogP contribution in [0.3, 0.4) is 0 Å². The second-order valence-corrected chi connectivity index (χ2v) is 6.90. The number of hydrogen-bond acceptors (Lipinski definition) is 3. The highest BCUT2D eigenvalue weighted by Gasteiger charge is 2.17. The van der Waals surface area contributed by atoms with Gasteiger partial charge in [0.15, 0.2) is 0 Å². The first-order valence-electron chi connectivity index (χ1n) is 9.02. The van der Waals surface area contributed by atoms with E-state index in [0.29, 0.717) is 11.6 Å². The van der Waals surface area contributed by atoms with Crippen molar-refractivity contribution in [1.82, 2.24) is 9.88 Å². The summed E-state index contributed by atoms with van der Waals surface area (Å²) in [5.41, 5.74) is 2.79. The number of aromatic nitrogens is 1. The lowest BCUT2D eigenvalue weighted by Gasteiger charge is -2.25. The summed E-state index contributed by atoms with van der Waals surface area (Å²) in [7, 11) is 0. The molecule has 25 heavy (non-hydrogen) atoms. The minimum Gasteiger partial charge on any atom is -0.387 e. The Kier molecular flexibility index (Phi) is 9.73. The summed E-state index contributed by atoms with van der Waals surface area (Å²) in [6.07, 6.45) is 5.95. The molecular weight excluding hydrogens is 355 g/mol. The minimum atomic E-state index is -0.509. The van der Waals surface area contributed by atoms with Crippen molar-refractivity contribution >= 4 is 34.9 Å². The molecule has 5 heteroatoms. The van der Waals surface area contributed by atoms with Gasteiger partial charge in [-0.1, -0.05) is 44.4 Å². The van der Waals surface area contributed by atoms with Crippen LogP contribution in [0.4, 0.5) is 0 Å². The molecule has 1 atom stereocenters. The molecular formula is C20H30Cl2N2O. The average Bonchev–Trinajstić information content (AvgIpc) is 2.60. The molecule has 0 radical (unpaired) electrons. The first kappa shape index (κ1) is 22.2. The molecule has 0 aliphatic heterocycles. The van der Waals surface area contributed by atoms with Crippen LogP contribution in [0, 0.1) is 6.92 Å². The second-order valence-electron chi connectivity index (χ2n) is 6.49. The fourth-order valence-corrected chi connectivity index (χ4v) is 3.20. The third-order valence-electron chi connectivity index (χ3n) is 4.58. The number of rotatable bonds is 9. The number of nitrogens with zero attached hydrogens (tertiary/aromatic N) is 2. The molecule has 0 spiro atoms. The molecule has 140 valence electrons. The van der Waals surface area contributed by atoms with Crippen LogP contribution in [0.2, 0.25) is 5.02 Å². The number of pyridine rings is 1. The maximum atomic E-state index is 10.8. The van der Waals surface area contributed by atoms with Gasteiger partial charge in [0.05, 0.1) is 11.6 Å². The van der Waals surface area contributed by atoms with Crippen LogP contribution < -0.4 is 0 Å². The number of aliphatic hydroxyl groups is 1. The Labute approximate surface area is 162 Å². The van der Waals surface area contributed by atoms with Gasteiger partial charge < -0.3 is 10.0 Å². The number of fused-ring (bicyclic) bond motifs is 1. The highest BCUT2D eigenvalue weighted by Crippen LogP contribution is 2.29. The quantitative estimate of drug-likeness (QED) is 0.614. The Morgan fingerprint density at radius 3 is 2.36 bits per heavy atom. The standard InChI is InChI=1S/C20H29ClN2O.ClH/c1-4-6-12-23(13-7-5-2)14-19(24)16-10-11-22-20-15(3)18(21)9-8-17(16)20;/h8-11,19,24H,4-7,12-14H2,1-3H3;1H. The summed E-state index contributed by atoms with van der Waals surface area (Å²) in [5.74, 6) is 0. The number of benzene rings is 1. The molecule has 2 aromatic rings. The zero-order chi connectivity index (χ0) is 17.5. The van der Waals surface area contributed by atoms with Crippen molar-refractivity contribution in [2.45, 2.75) is 52.6 Å². The van der Waals surface area contributed by atoms with Crippen LogP contribution in [0.5, 0.6) is 0 Å². The van der Waals surface area contributed by atoms with Crippen molar-refractivity contribution in [2.24, 2.45) is 0 Å². The molecule has 0 aliphatic carbocycles. The molecule has 0 amide bonds. The van der Waals surface area contributed by atoms with Crippen molar-refractivity contribution in [3.63, 3.8) is 0 Å². The van der Waals surface area contributed by atoms with Crippen LogP contribution in [0.15, 0.2) is 24.4 Å². The first-order chi connectivity index (χ1) is 11.6. The maximum absolute atomic E-state index is 10.8. The van der Waals surface area contributed by atoms with Crippen LogP contribution in [0.1, 0.15) is 56.8 Å². The van der Waals surface area contributed by atoms with E-state index < -0.39 is 6.10 Å². The zero-order valence-electron chi connectivity index (χ0n) is 15.5. The average molecular weight is 385 g/mol. The van der Waals surface area contributed by atoms with Crippen LogP contribution in [-0.2, 0) is 0 Å². The molecule has 1 unspecified atom stereocenters. The number of halogens is 2. The molecule has 1 aromatic heterocycles. The van der Waals surface area contributed by atoms with Gasteiger partial charge in [-0.15, -0.1) is 12.4 Å². The Hall–Kier alpha value is -0.870. The van der Waals surface area contributed by atoms with Gasteiger partial charge in [0.25, 0.3) is 0 Å². The van der Waals surface area contributed by atoms with Crippen molar-refractivity contribution in [2.75, 3.05) is 19.6 Å². The number of unbranched alkanes of at least 4 members (excludes halogenated alkanes) is 2. The predicted octanol–water partition coefficient (Wildman–Crippen LogP) is 5.55. The monoisotopic (exact) mass is 384 g/mol. The van der Waals surface area contributed by atoms with Gasteiger partial charge in [-0.05, 0) is 56.1 Å². The van der Waals surface area contributed by atoms with E-state index in [1.807, 2.05) is 25.1 Å². The summed E-state index contributed by atoms with van der Waals surface area (Å²) in [6, 6.07) is 5.79. The van der Waals surface area contributed by atoms with Crippen molar-refractivity contribution < 1.29 is 5.11 Å². The van der Waals surface area contributed by atoms with Crippen molar-refractivity contribution in [3.8, 4) is 0 Å². The smallest absolute Gasteiger partial charge is 0.0924 e. The largest absolute Gasteiger partial charge is 0.387 e. The van der Waals surface area contributed by atoms with E-state index in [1.54, 1.807) is 6.20 Å². The minimum absolute atomic E-state index is 0. The van der Waals surface area contributed by atoms with Crippen LogP contribution in [-0.4, -0.2) is 34.6 Å². The first-order valence-corrected chi connectivity index (χ1v) is 9.40. The molecule has 0 aliphatic rings. The van der Waals surface area contributed by atoms with E-state index in [4.69, 9.17) is 11.6 Å². The fraction of sp³-hybridized carbons (Fsp3) is 0.550. The van der Waals surface area contributed by atoms with E-state index in [1.165, 1.54) is 25.7 Å². The van der Waals surface area contributed by atoms with Crippen LogP contribution >= 0.6 is 24.0 Å². The third-order valence-corrected chi connectivity index (χ3v) is 4.99. The fourth-order valence-electron chi connectivity index (χ4n) is 3.05. The van der Waals surface area contributed by atoms with E-state index in [9.17, 15) is 5.11 Å². The van der Waals surface area contributed by atoms with Crippen molar-refractivity contribution in [3.05, 3.63) is 40.5 Å². The maximum Gasteiger partial charge on any atom is 0.0924 e. The third kappa shape index (κ3) is 5.82.